The molecular formula is C12H25N3O. The highest BCUT2D eigenvalue weighted by molar-refractivity contribution is 4.77. The van der Waals surface area contributed by atoms with Gasteiger partial charge in [-0.25, -0.2) is 0 Å². The Morgan fingerprint density at radius 1 is 1.44 bits per heavy atom. The van der Waals surface area contributed by atoms with Crippen molar-refractivity contribution in [2.75, 3.05) is 60.0 Å². The predicted molar refractivity (Wildman–Crippen MR) is 65.7 cm³/mol. The molecule has 4 heteroatoms. The summed E-state index contributed by atoms with van der Waals surface area (Å²) >= 11 is 0. The van der Waals surface area contributed by atoms with Crippen LogP contribution in [0.2, 0.25) is 0 Å². The van der Waals surface area contributed by atoms with E-state index in [0.717, 1.165) is 32.2 Å². The molecule has 0 radical (unpaired) electrons. The minimum Gasteiger partial charge on any atom is -0.374 e. The summed E-state index contributed by atoms with van der Waals surface area (Å²) in [6, 6.07) is 0. The van der Waals surface area contributed by atoms with Crippen molar-refractivity contribution in [2.24, 2.45) is 5.92 Å². The van der Waals surface area contributed by atoms with Gasteiger partial charge in [0, 0.05) is 32.7 Å². The van der Waals surface area contributed by atoms with Crippen LogP contribution in [0.4, 0.5) is 0 Å². The van der Waals surface area contributed by atoms with Crippen LogP contribution in [0, 0.1) is 5.92 Å². The number of likely N-dealkylation sites (N-methyl/N-ethyl adjacent to an activating group) is 1. The fourth-order valence-electron chi connectivity index (χ4n) is 2.78. The van der Waals surface area contributed by atoms with Crippen molar-refractivity contribution < 1.29 is 4.74 Å². The van der Waals surface area contributed by atoms with Crippen molar-refractivity contribution in [2.45, 2.75) is 12.5 Å². The summed E-state index contributed by atoms with van der Waals surface area (Å²) in [6.07, 6.45) is 1.74. The summed E-state index contributed by atoms with van der Waals surface area (Å²) in [7, 11) is 4.43. The highest BCUT2D eigenvalue weighted by atomic mass is 16.5. The van der Waals surface area contributed by atoms with Gasteiger partial charge < -0.3 is 19.9 Å². The lowest BCUT2D eigenvalue weighted by Crippen LogP contribution is -2.45. The number of likely N-dealkylation sites (tertiary alicyclic amines) is 1. The van der Waals surface area contributed by atoms with Crippen molar-refractivity contribution in [3.05, 3.63) is 0 Å². The van der Waals surface area contributed by atoms with Crippen LogP contribution in [0.15, 0.2) is 0 Å². The highest BCUT2D eigenvalue weighted by Crippen LogP contribution is 2.15. The maximum absolute atomic E-state index is 5.72. The third-order valence-corrected chi connectivity index (χ3v) is 3.58. The zero-order valence-corrected chi connectivity index (χ0v) is 10.6. The van der Waals surface area contributed by atoms with E-state index in [1.807, 2.05) is 0 Å². The molecular weight excluding hydrogens is 202 g/mol. The van der Waals surface area contributed by atoms with Crippen LogP contribution >= 0.6 is 0 Å². The van der Waals surface area contributed by atoms with E-state index in [-0.39, 0.29) is 0 Å². The molecule has 2 unspecified atom stereocenters. The Balaban J connectivity index is 1.65. The Morgan fingerprint density at radius 2 is 2.31 bits per heavy atom. The van der Waals surface area contributed by atoms with E-state index in [0.29, 0.717) is 6.10 Å². The van der Waals surface area contributed by atoms with Gasteiger partial charge in [-0.15, -0.1) is 0 Å². The molecule has 0 amide bonds. The van der Waals surface area contributed by atoms with Crippen molar-refractivity contribution in [3.63, 3.8) is 0 Å². The van der Waals surface area contributed by atoms with Crippen LogP contribution in [0.25, 0.3) is 0 Å². The molecule has 2 aliphatic rings. The van der Waals surface area contributed by atoms with Gasteiger partial charge in [0.25, 0.3) is 0 Å². The second kappa shape index (κ2) is 5.96. The lowest BCUT2D eigenvalue weighted by atomic mass is 10.1. The molecule has 4 nitrogen and oxygen atoms in total. The zero-order chi connectivity index (χ0) is 11.4. The third kappa shape index (κ3) is 3.70. The molecule has 2 saturated heterocycles. The first kappa shape index (κ1) is 12.3. The zero-order valence-electron chi connectivity index (χ0n) is 10.6. The van der Waals surface area contributed by atoms with Crippen LogP contribution in [0.3, 0.4) is 0 Å². The van der Waals surface area contributed by atoms with Gasteiger partial charge in [0.2, 0.25) is 0 Å². The second-order valence-electron chi connectivity index (χ2n) is 5.34. The molecule has 16 heavy (non-hydrogen) atoms. The summed E-state index contributed by atoms with van der Waals surface area (Å²) < 4.78 is 5.72. The van der Waals surface area contributed by atoms with Gasteiger partial charge >= 0.3 is 0 Å². The smallest absolute Gasteiger partial charge is 0.0826 e. The molecule has 2 aliphatic heterocycles. The first-order valence-corrected chi connectivity index (χ1v) is 6.43. The standard InChI is InChI=1S/C12H25N3O/c1-14-5-3-11(8-14)9-15(2)10-12-7-13-4-6-16-12/h11-13H,3-10H2,1-2H3. The topological polar surface area (TPSA) is 27.7 Å². The molecule has 0 aromatic rings. The average Bonchev–Trinajstić information content (AvgIpc) is 2.65. The Bertz CT molecular complexity index is 200. The largest absolute Gasteiger partial charge is 0.374 e. The second-order valence-corrected chi connectivity index (χ2v) is 5.34. The number of nitrogens with zero attached hydrogens (tertiary/aromatic N) is 2. The first-order chi connectivity index (χ1) is 7.74. The summed E-state index contributed by atoms with van der Waals surface area (Å²) in [4.78, 5) is 4.86. The Hall–Kier alpha value is -0.160. The van der Waals surface area contributed by atoms with Gasteiger partial charge in [0.1, 0.15) is 0 Å². The third-order valence-electron chi connectivity index (χ3n) is 3.58. The SMILES string of the molecule is CN1CCC(CN(C)CC2CNCCO2)C1. The van der Waals surface area contributed by atoms with Crippen molar-refractivity contribution in [1.82, 2.24) is 15.1 Å². The van der Waals surface area contributed by atoms with Crippen LogP contribution in [0.1, 0.15) is 6.42 Å². The van der Waals surface area contributed by atoms with Gasteiger partial charge in [0.15, 0.2) is 0 Å². The van der Waals surface area contributed by atoms with E-state index < -0.39 is 0 Å². The Kier molecular flexibility index (Phi) is 4.58. The number of hydrogen-bond acceptors (Lipinski definition) is 4. The van der Waals surface area contributed by atoms with E-state index in [2.05, 4.69) is 29.2 Å². The summed E-state index contributed by atoms with van der Waals surface area (Å²) in [5.74, 6) is 0.853. The van der Waals surface area contributed by atoms with Crippen LogP contribution in [-0.4, -0.2) is 75.9 Å². The van der Waals surface area contributed by atoms with Crippen molar-refractivity contribution in [1.29, 1.82) is 0 Å². The molecule has 2 atom stereocenters. The molecule has 0 aromatic heterocycles. The molecule has 0 aliphatic carbocycles. The number of ether oxygens (including phenoxy) is 1. The monoisotopic (exact) mass is 227 g/mol. The number of morpholine rings is 1. The van der Waals surface area contributed by atoms with Crippen LogP contribution in [0.5, 0.6) is 0 Å². The van der Waals surface area contributed by atoms with E-state index in [1.54, 1.807) is 0 Å². The normalized spacial score (nSPS) is 32.4. The van der Waals surface area contributed by atoms with Crippen molar-refractivity contribution in [3.8, 4) is 0 Å². The van der Waals surface area contributed by atoms with Gasteiger partial charge in [-0.2, -0.15) is 0 Å². The van der Waals surface area contributed by atoms with E-state index in [1.165, 1.54) is 26.1 Å². The van der Waals surface area contributed by atoms with E-state index >= 15 is 0 Å². The van der Waals surface area contributed by atoms with E-state index in [4.69, 9.17) is 4.74 Å². The Labute approximate surface area is 98.9 Å². The van der Waals surface area contributed by atoms with Crippen LogP contribution in [-0.2, 0) is 4.74 Å². The summed E-state index contributed by atoms with van der Waals surface area (Å²) in [5.41, 5.74) is 0. The van der Waals surface area contributed by atoms with Gasteiger partial charge in [-0.1, -0.05) is 0 Å². The lowest BCUT2D eigenvalue weighted by Gasteiger charge is -2.29. The molecule has 0 aromatic carbocycles. The summed E-state index contributed by atoms with van der Waals surface area (Å²) in [6.45, 7) is 7.68. The number of nitrogens with one attached hydrogen (secondary N) is 1. The number of hydrogen-bond donors (Lipinski definition) is 1. The van der Waals surface area contributed by atoms with Crippen LogP contribution < -0.4 is 5.32 Å². The summed E-state index contributed by atoms with van der Waals surface area (Å²) in [5, 5.41) is 3.38. The molecule has 2 fully saturated rings. The molecule has 0 saturated carbocycles. The first-order valence-electron chi connectivity index (χ1n) is 6.43. The molecule has 2 heterocycles. The van der Waals surface area contributed by atoms with Gasteiger partial charge in [0.05, 0.1) is 12.7 Å². The van der Waals surface area contributed by atoms with Crippen molar-refractivity contribution >= 4 is 0 Å². The number of rotatable bonds is 4. The minimum atomic E-state index is 0.387. The molecule has 0 spiro atoms. The molecule has 0 bridgehead atoms. The predicted octanol–water partition coefficient (Wildman–Crippen LogP) is -0.142. The lowest BCUT2D eigenvalue weighted by molar-refractivity contribution is 0.00807. The quantitative estimate of drug-likeness (QED) is 0.723. The van der Waals surface area contributed by atoms with Gasteiger partial charge in [-0.05, 0) is 33.0 Å². The average molecular weight is 227 g/mol. The fraction of sp³-hybridized carbons (Fsp3) is 1.00. The fourth-order valence-corrected chi connectivity index (χ4v) is 2.78. The molecule has 2 rings (SSSR count). The molecule has 1 N–H and O–H groups in total. The minimum absolute atomic E-state index is 0.387. The van der Waals surface area contributed by atoms with Gasteiger partial charge in [-0.3, -0.25) is 0 Å². The maximum Gasteiger partial charge on any atom is 0.0826 e. The highest BCUT2D eigenvalue weighted by Gasteiger charge is 2.22. The van der Waals surface area contributed by atoms with E-state index in [9.17, 15) is 0 Å². The maximum atomic E-state index is 5.72. The molecule has 94 valence electrons. The Morgan fingerprint density at radius 3 is 2.94 bits per heavy atom.